The van der Waals surface area contributed by atoms with Crippen LogP contribution in [0.1, 0.15) is 39.4 Å². The van der Waals surface area contributed by atoms with Crippen molar-refractivity contribution in [2.75, 3.05) is 26.3 Å². The van der Waals surface area contributed by atoms with E-state index in [0.29, 0.717) is 45.4 Å². The predicted molar refractivity (Wildman–Crippen MR) is 93.9 cm³/mol. The van der Waals surface area contributed by atoms with Gasteiger partial charge in [0.05, 0.1) is 19.9 Å². The molecule has 0 spiro atoms. The Labute approximate surface area is 154 Å². The number of ketones is 1. The Bertz CT molecular complexity index is 954. The van der Waals surface area contributed by atoms with Gasteiger partial charge in [0.15, 0.2) is 28.8 Å². The van der Waals surface area contributed by atoms with Crippen molar-refractivity contribution in [1.82, 2.24) is 0 Å². The maximum absolute atomic E-state index is 12.4. The lowest BCUT2D eigenvalue weighted by molar-refractivity contribution is 0.0435. The van der Waals surface area contributed by atoms with E-state index in [0.717, 1.165) is 0 Å². The maximum atomic E-state index is 12.4. The molecule has 1 N–H and O–H groups in total. The first-order valence-electron chi connectivity index (χ1n) is 8.20. The second kappa shape index (κ2) is 6.39. The molecule has 0 amide bonds. The fourth-order valence-electron chi connectivity index (χ4n) is 3.20. The number of benzene rings is 2. The van der Waals surface area contributed by atoms with Gasteiger partial charge >= 0.3 is 5.97 Å². The monoisotopic (exact) mass is 371 g/mol. The molecule has 0 saturated carbocycles. The first-order chi connectivity index (χ1) is 13.0. The minimum absolute atomic E-state index is 0.0916. The van der Waals surface area contributed by atoms with Crippen molar-refractivity contribution in [3.05, 3.63) is 41.0 Å². The number of methoxy groups -OCH3 is 2. The van der Waals surface area contributed by atoms with Crippen molar-refractivity contribution in [3.63, 3.8) is 0 Å². The largest absolute Gasteiger partial charge is 0.493 e. The van der Waals surface area contributed by atoms with Gasteiger partial charge in [0.1, 0.15) is 5.56 Å². The topological polar surface area (TPSA) is 92.3 Å². The highest BCUT2D eigenvalue weighted by molar-refractivity contribution is 6.01. The molecular formula is C19H17NO7. The molecule has 2 aliphatic rings. The van der Waals surface area contributed by atoms with Gasteiger partial charge in [0.2, 0.25) is 13.0 Å². The Kier molecular flexibility index (Phi) is 4.02. The van der Waals surface area contributed by atoms with Crippen molar-refractivity contribution in [3.8, 4) is 23.0 Å². The molecule has 0 saturated heterocycles. The van der Waals surface area contributed by atoms with Crippen LogP contribution < -0.4 is 24.3 Å². The van der Waals surface area contributed by atoms with E-state index < -0.39 is 12.2 Å². The first kappa shape index (κ1) is 17.0. The molecular weight excluding hydrogens is 354 g/mol. The molecule has 8 heteroatoms. The highest BCUT2D eigenvalue weighted by Crippen LogP contribution is 2.44. The number of rotatable bonds is 5. The van der Waals surface area contributed by atoms with Crippen LogP contribution in [0.15, 0.2) is 24.3 Å². The number of anilines is 1. The number of hydrogen-bond acceptors (Lipinski definition) is 8. The second-order valence-corrected chi connectivity index (χ2v) is 6.00. The standard InChI is InChI=1S/C19H17NO7/c1-9(21)11-6-14-15(26-8-25-14)7-12(11)20-18-10-4-5-13(23-2)17(24-3)16(10)19(22)27-18/h4-7,18,20H,8H2,1-3H3. The average Bonchev–Trinajstić information content (AvgIpc) is 3.24. The number of cyclic esters (lactones) is 1. The molecule has 140 valence electrons. The summed E-state index contributed by atoms with van der Waals surface area (Å²) in [6, 6.07) is 6.68. The summed E-state index contributed by atoms with van der Waals surface area (Å²) in [5.41, 5.74) is 1.76. The zero-order valence-corrected chi connectivity index (χ0v) is 15.0. The van der Waals surface area contributed by atoms with Gasteiger partial charge in [-0.3, -0.25) is 4.79 Å². The molecule has 2 heterocycles. The van der Waals surface area contributed by atoms with Crippen LogP contribution in [0.25, 0.3) is 0 Å². The van der Waals surface area contributed by atoms with Crippen molar-refractivity contribution in [2.45, 2.75) is 13.2 Å². The van der Waals surface area contributed by atoms with Crippen LogP contribution in [0.3, 0.4) is 0 Å². The minimum atomic E-state index is -0.786. The number of carbonyl (C=O) groups is 2. The fraction of sp³-hybridized carbons (Fsp3) is 0.263. The van der Waals surface area contributed by atoms with Gasteiger partial charge in [0.25, 0.3) is 0 Å². The average molecular weight is 371 g/mol. The number of carbonyl (C=O) groups excluding carboxylic acids is 2. The van der Waals surface area contributed by atoms with Gasteiger partial charge in [-0.1, -0.05) is 0 Å². The molecule has 1 atom stereocenters. The summed E-state index contributed by atoms with van der Waals surface area (Å²) in [4.78, 5) is 24.5. The minimum Gasteiger partial charge on any atom is -0.493 e. The van der Waals surface area contributed by atoms with Crippen LogP contribution in [-0.2, 0) is 4.74 Å². The van der Waals surface area contributed by atoms with Gasteiger partial charge in [0, 0.05) is 17.2 Å². The number of nitrogens with one attached hydrogen (secondary N) is 1. The zero-order chi connectivity index (χ0) is 19.1. The van der Waals surface area contributed by atoms with Gasteiger partial charge in [-0.05, 0) is 25.1 Å². The smallest absolute Gasteiger partial charge is 0.344 e. The van der Waals surface area contributed by atoms with E-state index in [1.807, 2.05) is 0 Å². The molecule has 0 aromatic heterocycles. The third kappa shape index (κ3) is 2.69. The highest BCUT2D eigenvalue weighted by atomic mass is 16.7. The summed E-state index contributed by atoms with van der Waals surface area (Å²) in [5, 5.41) is 3.10. The van der Waals surface area contributed by atoms with Gasteiger partial charge < -0.3 is 29.0 Å². The highest BCUT2D eigenvalue weighted by Gasteiger charge is 2.36. The predicted octanol–water partition coefficient (Wildman–Crippen LogP) is 2.92. The lowest BCUT2D eigenvalue weighted by Crippen LogP contribution is -2.13. The third-order valence-electron chi connectivity index (χ3n) is 4.47. The van der Waals surface area contributed by atoms with Crippen molar-refractivity contribution < 1.29 is 33.3 Å². The van der Waals surface area contributed by atoms with E-state index in [4.69, 9.17) is 23.7 Å². The van der Waals surface area contributed by atoms with Gasteiger partial charge in [-0.25, -0.2) is 4.79 Å². The second-order valence-electron chi connectivity index (χ2n) is 6.00. The molecule has 2 aromatic carbocycles. The van der Waals surface area contributed by atoms with E-state index in [1.165, 1.54) is 21.1 Å². The van der Waals surface area contributed by atoms with Crippen LogP contribution in [-0.4, -0.2) is 32.8 Å². The Hall–Kier alpha value is -3.42. The molecule has 0 aliphatic carbocycles. The van der Waals surface area contributed by atoms with E-state index in [2.05, 4.69) is 5.32 Å². The lowest BCUT2D eigenvalue weighted by Gasteiger charge is -2.17. The molecule has 27 heavy (non-hydrogen) atoms. The van der Waals surface area contributed by atoms with E-state index >= 15 is 0 Å². The van der Waals surface area contributed by atoms with Crippen LogP contribution in [0.5, 0.6) is 23.0 Å². The number of hydrogen-bond donors (Lipinski definition) is 1. The molecule has 0 fully saturated rings. The fourth-order valence-corrected chi connectivity index (χ4v) is 3.20. The zero-order valence-electron chi connectivity index (χ0n) is 15.0. The molecule has 2 aromatic rings. The molecule has 0 radical (unpaired) electrons. The maximum Gasteiger partial charge on any atom is 0.344 e. The van der Waals surface area contributed by atoms with E-state index in [1.54, 1.807) is 24.3 Å². The Morgan fingerprint density at radius 1 is 1.15 bits per heavy atom. The summed E-state index contributed by atoms with van der Waals surface area (Å²) in [7, 11) is 2.95. The molecule has 4 rings (SSSR count). The SMILES string of the molecule is COc1ccc2c(c1OC)C(=O)OC2Nc1cc2c(cc1C(C)=O)OCO2. The molecule has 1 unspecified atom stereocenters. The van der Waals surface area contributed by atoms with Crippen LogP contribution in [0, 0.1) is 0 Å². The summed E-state index contributed by atoms with van der Waals surface area (Å²) in [6.07, 6.45) is -0.786. The first-order valence-corrected chi connectivity index (χ1v) is 8.20. The summed E-state index contributed by atoms with van der Waals surface area (Å²) in [6.45, 7) is 1.54. The molecule has 2 aliphatic heterocycles. The molecule has 8 nitrogen and oxygen atoms in total. The van der Waals surface area contributed by atoms with Crippen LogP contribution >= 0.6 is 0 Å². The van der Waals surface area contributed by atoms with E-state index in [9.17, 15) is 9.59 Å². The van der Waals surface area contributed by atoms with Crippen molar-refractivity contribution in [2.24, 2.45) is 0 Å². The third-order valence-corrected chi connectivity index (χ3v) is 4.47. The van der Waals surface area contributed by atoms with Crippen LogP contribution in [0.2, 0.25) is 0 Å². The summed E-state index contributed by atoms with van der Waals surface area (Å²) < 4.78 is 26.7. The Balaban J connectivity index is 1.74. The quantitative estimate of drug-likeness (QED) is 0.634. The van der Waals surface area contributed by atoms with Crippen molar-refractivity contribution >= 4 is 17.4 Å². The van der Waals surface area contributed by atoms with Gasteiger partial charge in [-0.15, -0.1) is 0 Å². The molecule has 0 bridgehead atoms. The Morgan fingerprint density at radius 2 is 1.89 bits per heavy atom. The summed E-state index contributed by atoms with van der Waals surface area (Å²) in [5.74, 6) is 1.06. The lowest BCUT2D eigenvalue weighted by atomic mass is 10.0. The summed E-state index contributed by atoms with van der Waals surface area (Å²) >= 11 is 0. The Morgan fingerprint density at radius 3 is 2.56 bits per heavy atom. The number of Topliss-reactive ketones (excluding diaryl/α,β-unsaturated/α-hetero) is 1. The number of fused-ring (bicyclic) bond motifs is 2. The van der Waals surface area contributed by atoms with E-state index in [-0.39, 0.29) is 12.6 Å². The van der Waals surface area contributed by atoms with Gasteiger partial charge in [-0.2, -0.15) is 0 Å². The normalized spacial score (nSPS) is 16.6. The number of ether oxygens (including phenoxy) is 5. The van der Waals surface area contributed by atoms with Crippen LogP contribution in [0.4, 0.5) is 5.69 Å². The number of esters is 1. The van der Waals surface area contributed by atoms with Crippen molar-refractivity contribution in [1.29, 1.82) is 0 Å².